The highest BCUT2D eigenvalue weighted by Crippen LogP contribution is 2.30. The number of nitrogens with one attached hydrogen (secondary N) is 2. The summed E-state index contributed by atoms with van der Waals surface area (Å²) >= 11 is 0. The molecule has 1 atom stereocenters. The van der Waals surface area contributed by atoms with Gasteiger partial charge in [0.15, 0.2) is 5.96 Å². The van der Waals surface area contributed by atoms with Crippen molar-refractivity contribution >= 4 is 35.8 Å². The van der Waals surface area contributed by atoms with E-state index in [2.05, 4.69) is 22.5 Å². The van der Waals surface area contributed by atoms with Crippen LogP contribution in [0.1, 0.15) is 44.8 Å². The van der Waals surface area contributed by atoms with Crippen molar-refractivity contribution in [3.63, 3.8) is 0 Å². The topological polar surface area (TPSA) is 79.1 Å². The van der Waals surface area contributed by atoms with Crippen LogP contribution in [0.5, 0.6) is 0 Å². The molecule has 2 N–H and O–H groups in total. The number of likely N-dealkylation sites (N-methyl/N-ethyl adjacent to an activating group) is 1. The monoisotopic (exact) mass is 520 g/mol. The minimum Gasteiger partial charge on any atom is -0.469 e. The average Bonchev–Trinajstić information content (AvgIpc) is 3.38. The van der Waals surface area contributed by atoms with Crippen LogP contribution in [0.4, 0.5) is 0 Å². The Labute approximate surface area is 192 Å². The summed E-state index contributed by atoms with van der Waals surface area (Å²) in [4.78, 5) is 17.9. The Morgan fingerprint density at radius 3 is 2.66 bits per heavy atom. The molecule has 0 aliphatic heterocycles. The fourth-order valence-electron chi connectivity index (χ4n) is 3.55. The Hall–Kier alpha value is -1.29. The Bertz CT molecular complexity index is 587. The predicted octanol–water partition coefficient (Wildman–Crippen LogP) is 3.05. The van der Waals surface area contributed by atoms with Crippen molar-refractivity contribution in [2.24, 2.45) is 10.9 Å². The molecule has 7 nitrogen and oxygen atoms in total. The molecule has 1 aliphatic carbocycles. The van der Waals surface area contributed by atoms with E-state index in [1.165, 1.54) is 25.7 Å². The van der Waals surface area contributed by atoms with Crippen LogP contribution in [0.3, 0.4) is 0 Å². The third-order valence-corrected chi connectivity index (χ3v) is 5.14. The molecule has 1 saturated carbocycles. The lowest BCUT2D eigenvalue weighted by molar-refractivity contribution is -0.127. The molecule has 1 aromatic heterocycles. The van der Waals surface area contributed by atoms with Crippen LogP contribution in [-0.2, 0) is 16.0 Å². The Balaban J connectivity index is 0.00000420. The fourth-order valence-corrected chi connectivity index (χ4v) is 3.55. The maximum atomic E-state index is 11.9. The number of furan rings is 1. The van der Waals surface area contributed by atoms with Gasteiger partial charge in [0.05, 0.1) is 12.4 Å². The van der Waals surface area contributed by atoms with Gasteiger partial charge in [-0.05, 0) is 44.2 Å². The van der Waals surface area contributed by atoms with E-state index in [1.54, 1.807) is 25.3 Å². The highest BCUT2D eigenvalue weighted by Gasteiger charge is 2.25. The van der Waals surface area contributed by atoms with Crippen molar-refractivity contribution in [3.8, 4) is 0 Å². The first kappa shape index (κ1) is 25.7. The van der Waals surface area contributed by atoms with Crippen molar-refractivity contribution in [1.82, 2.24) is 15.5 Å². The van der Waals surface area contributed by atoms with E-state index in [0.29, 0.717) is 24.5 Å². The predicted molar refractivity (Wildman–Crippen MR) is 127 cm³/mol. The maximum Gasteiger partial charge on any atom is 0.243 e. The Morgan fingerprint density at radius 2 is 2.03 bits per heavy atom. The van der Waals surface area contributed by atoms with Crippen LogP contribution >= 0.6 is 24.0 Å². The minimum absolute atomic E-state index is 0. The van der Waals surface area contributed by atoms with Crippen LogP contribution in [0, 0.1) is 5.92 Å². The van der Waals surface area contributed by atoms with Gasteiger partial charge in [0, 0.05) is 40.2 Å². The lowest BCUT2D eigenvalue weighted by Gasteiger charge is -2.24. The molecule has 29 heavy (non-hydrogen) atoms. The third kappa shape index (κ3) is 9.84. The summed E-state index contributed by atoms with van der Waals surface area (Å²) in [5.74, 6) is 2.23. The van der Waals surface area contributed by atoms with Crippen LogP contribution in [0.2, 0.25) is 0 Å². The van der Waals surface area contributed by atoms with Crippen molar-refractivity contribution in [2.45, 2.75) is 51.6 Å². The van der Waals surface area contributed by atoms with Crippen molar-refractivity contribution in [1.29, 1.82) is 0 Å². The molecule has 1 amide bonds. The molecule has 0 spiro atoms. The number of aliphatic imine (C=N–C) groups is 1. The third-order valence-electron chi connectivity index (χ3n) is 5.14. The summed E-state index contributed by atoms with van der Waals surface area (Å²) in [6.07, 6.45) is 8.85. The number of hydrogen-bond acceptors (Lipinski definition) is 4. The van der Waals surface area contributed by atoms with Crippen molar-refractivity contribution in [3.05, 3.63) is 24.2 Å². The summed E-state index contributed by atoms with van der Waals surface area (Å²) in [7, 11) is 3.48. The van der Waals surface area contributed by atoms with E-state index in [1.807, 2.05) is 12.1 Å². The van der Waals surface area contributed by atoms with Crippen LogP contribution < -0.4 is 10.6 Å². The molecule has 0 bridgehead atoms. The number of guanidine groups is 1. The number of ether oxygens (including phenoxy) is 1. The van der Waals surface area contributed by atoms with E-state index in [0.717, 1.165) is 31.8 Å². The summed E-state index contributed by atoms with van der Waals surface area (Å²) in [5, 5.41) is 6.66. The van der Waals surface area contributed by atoms with Crippen molar-refractivity contribution < 1.29 is 13.9 Å². The van der Waals surface area contributed by atoms with E-state index in [4.69, 9.17) is 9.15 Å². The van der Waals surface area contributed by atoms with Crippen LogP contribution in [0.15, 0.2) is 27.8 Å². The molecule has 0 radical (unpaired) electrons. The first-order valence-electron chi connectivity index (χ1n) is 10.5. The molecule has 1 fully saturated rings. The lowest BCUT2D eigenvalue weighted by atomic mass is 9.98. The molecule has 0 aromatic carbocycles. The number of carbonyl (C=O) groups is 1. The highest BCUT2D eigenvalue weighted by atomic mass is 127. The van der Waals surface area contributed by atoms with E-state index in [-0.39, 0.29) is 36.4 Å². The van der Waals surface area contributed by atoms with Gasteiger partial charge in [0.2, 0.25) is 5.91 Å². The number of nitrogens with zero attached hydrogens (tertiary/aromatic N) is 2. The minimum atomic E-state index is -0.0229. The van der Waals surface area contributed by atoms with Gasteiger partial charge in [-0.1, -0.05) is 12.8 Å². The zero-order valence-electron chi connectivity index (χ0n) is 18.0. The summed E-state index contributed by atoms with van der Waals surface area (Å²) in [6, 6.07) is 3.84. The zero-order chi connectivity index (χ0) is 20.2. The summed E-state index contributed by atoms with van der Waals surface area (Å²) in [6.45, 7) is 4.39. The summed E-state index contributed by atoms with van der Waals surface area (Å²) in [5.41, 5.74) is 0. The van der Waals surface area contributed by atoms with Gasteiger partial charge in [-0.2, -0.15) is 0 Å². The standard InChI is InChI=1S/C21H36N4O3.HI/c1-4-27-19(17-8-5-6-9-17)12-14-23-21(24-16-20(26)25(2)3)22-13-11-18-10-7-15-28-18;/h7,10,15,17,19H,4-6,8-9,11-14,16H2,1-3H3,(H2,22,23,24);1H. The Kier molecular flexibility index (Phi) is 13.0. The van der Waals surface area contributed by atoms with Crippen LogP contribution in [0.25, 0.3) is 0 Å². The van der Waals surface area contributed by atoms with Gasteiger partial charge < -0.3 is 24.7 Å². The summed E-state index contributed by atoms with van der Waals surface area (Å²) < 4.78 is 11.4. The van der Waals surface area contributed by atoms with Crippen molar-refractivity contribution in [2.75, 3.05) is 40.3 Å². The maximum absolute atomic E-state index is 11.9. The molecule has 1 unspecified atom stereocenters. The van der Waals surface area contributed by atoms with Gasteiger partial charge in [0.1, 0.15) is 12.3 Å². The second-order valence-corrected chi connectivity index (χ2v) is 7.46. The second kappa shape index (κ2) is 14.7. The highest BCUT2D eigenvalue weighted by molar-refractivity contribution is 14.0. The largest absolute Gasteiger partial charge is 0.469 e. The molecular weight excluding hydrogens is 483 g/mol. The number of rotatable bonds is 11. The molecule has 1 aromatic rings. The smallest absolute Gasteiger partial charge is 0.243 e. The second-order valence-electron chi connectivity index (χ2n) is 7.46. The van der Waals surface area contributed by atoms with Gasteiger partial charge >= 0.3 is 0 Å². The molecule has 166 valence electrons. The van der Waals surface area contributed by atoms with Gasteiger partial charge in [-0.3, -0.25) is 4.79 Å². The molecule has 1 aliphatic rings. The van der Waals surface area contributed by atoms with E-state index >= 15 is 0 Å². The van der Waals surface area contributed by atoms with Gasteiger partial charge in [0.25, 0.3) is 0 Å². The number of carbonyl (C=O) groups excluding carboxylic acids is 1. The molecule has 0 saturated heterocycles. The normalized spacial score (nSPS) is 15.6. The SMILES string of the molecule is CCOC(CCNC(=NCC(=O)N(C)C)NCCc1ccco1)C1CCCC1.I. The first-order chi connectivity index (χ1) is 13.6. The zero-order valence-corrected chi connectivity index (χ0v) is 20.3. The Morgan fingerprint density at radius 1 is 1.31 bits per heavy atom. The number of hydrogen-bond donors (Lipinski definition) is 2. The molecule has 2 rings (SSSR count). The molecular formula is C21H37IN4O3. The quantitative estimate of drug-likeness (QED) is 0.267. The number of amides is 1. The first-order valence-corrected chi connectivity index (χ1v) is 10.5. The van der Waals surface area contributed by atoms with Gasteiger partial charge in [-0.25, -0.2) is 4.99 Å². The van der Waals surface area contributed by atoms with Gasteiger partial charge in [-0.15, -0.1) is 24.0 Å². The molecule has 8 heteroatoms. The lowest BCUT2D eigenvalue weighted by Crippen LogP contribution is -2.41. The molecule has 1 heterocycles. The van der Waals surface area contributed by atoms with E-state index < -0.39 is 0 Å². The van der Waals surface area contributed by atoms with E-state index in [9.17, 15) is 4.79 Å². The average molecular weight is 520 g/mol. The number of halogens is 1. The fraction of sp³-hybridized carbons (Fsp3) is 0.714. The van der Waals surface area contributed by atoms with Crippen LogP contribution in [-0.4, -0.2) is 63.2 Å².